The Morgan fingerprint density at radius 2 is 2.29 bits per heavy atom. The van der Waals surface area contributed by atoms with Crippen LogP contribution in [-0.2, 0) is 0 Å². The summed E-state index contributed by atoms with van der Waals surface area (Å²) >= 11 is 0. The highest BCUT2D eigenvalue weighted by Gasteiger charge is 2.19. The largest absolute Gasteiger partial charge is 0.383 e. The first-order valence-corrected chi connectivity index (χ1v) is 7.10. The first-order valence-electron chi connectivity index (χ1n) is 7.10. The molecule has 0 saturated carbocycles. The molecular formula is C13H17N5O3. The monoisotopic (exact) mass is 291 g/mol. The minimum Gasteiger partial charge on any atom is -0.383 e. The van der Waals surface area contributed by atoms with E-state index in [1.165, 1.54) is 18.9 Å². The van der Waals surface area contributed by atoms with Crippen molar-refractivity contribution in [1.29, 1.82) is 0 Å². The molecule has 1 fully saturated rings. The van der Waals surface area contributed by atoms with Crippen LogP contribution in [-0.4, -0.2) is 34.9 Å². The second-order valence-electron chi connectivity index (χ2n) is 5.28. The fraction of sp³-hybridized carbons (Fsp3) is 0.538. The van der Waals surface area contributed by atoms with E-state index in [0.717, 1.165) is 31.7 Å². The van der Waals surface area contributed by atoms with Crippen molar-refractivity contribution >= 4 is 22.4 Å². The topological polar surface area (TPSA) is 106 Å². The Morgan fingerprint density at radius 1 is 1.43 bits per heavy atom. The molecule has 0 amide bonds. The van der Waals surface area contributed by atoms with Gasteiger partial charge < -0.3 is 10.6 Å². The van der Waals surface area contributed by atoms with Gasteiger partial charge in [-0.25, -0.2) is 4.63 Å². The summed E-state index contributed by atoms with van der Waals surface area (Å²) in [6, 6.07) is 3.08. The number of aromatic nitrogens is 2. The van der Waals surface area contributed by atoms with E-state index in [9.17, 15) is 10.1 Å². The van der Waals surface area contributed by atoms with Crippen LogP contribution in [0, 0.1) is 16.0 Å². The zero-order chi connectivity index (χ0) is 14.7. The Labute approximate surface area is 121 Å². The van der Waals surface area contributed by atoms with Crippen molar-refractivity contribution in [2.24, 2.45) is 5.92 Å². The van der Waals surface area contributed by atoms with Crippen molar-refractivity contribution in [3.05, 3.63) is 22.2 Å². The van der Waals surface area contributed by atoms with Crippen molar-refractivity contribution in [3.63, 3.8) is 0 Å². The molecule has 112 valence electrons. The Hall–Kier alpha value is -2.22. The van der Waals surface area contributed by atoms with Gasteiger partial charge in [0.05, 0.1) is 10.6 Å². The molecule has 1 atom stereocenters. The second kappa shape index (κ2) is 6.04. The first kappa shape index (κ1) is 13.7. The van der Waals surface area contributed by atoms with Gasteiger partial charge in [0.1, 0.15) is 0 Å². The number of nitrogens with one attached hydrogen (secondary N) is 2. The van der Waals surface area contributed by atoms with E-state index >= 15 is 0 Å². The van der Waals surface area contributed by atoms with Crippen LogP contribution in [0.3, 0.4) is 0 Å². The molecule has 3 rings (SSSR count). The fourth-order valence-electron chi connectivity index (χ4n) is 2.72. The number of benzene rings is 1. The number of anilines is 1. The number of nitro benzene ring substituents is 1. The van der Waals surface area contributed by atoms with Gasteiger partial charge in [0.15, 0.2) is 5.52 Å². The zero-order valence-electron chi connectivity index (χ0n) is 11.5. The quantitative estimate of drug-likeness (QED) is 0.640. The number of non-ortho nitro benzene ring substituents is 1. The fourth-order valence-corrected chi connectivity index (χ4v) is 2.72. The molecule has 1 unspecified atom stereocenters. The lowest BCUT2D eigenvalue weighted by Gasteiger charge is -2.22. The van der Waals surface area contributed by atoms with Gasteiger partial charge in [-0.05, 0) is 54.6 Å². The van der Waals surface area contributed by atoms with Gasteiger partial charge in [0.25, 0.3) is 0 Å². The van der Waals surface area contributed by atoms with Gasteiger partial charge >= 0.3 is 5.69 Å². The van der Waals surface area contributed by atoms with Crippen LogP contribution in [0.4, 0.5) is 11.4 Å². The predicted octanol–water partition coefficient (Wildman–Crippen LogP) is 1.93. The van der Waals surface area contributed by atoms with Crippen molar-refractivity contribution in [2.75, 3.05) is 25.0 Å². The third-order valence-electron chi connectivity index (χ3n) is 3.86. The van der Waals surface area contributed by atoms with Crippen molar-refractivity contribution in [1.82, 2.24) is 15.6 Å². The average molecular weight is 291 g/mol. The molecule has 1 aromatic carbocycles. The summed E-state index contributed by atoms with van der Waals surface area (Å²) in [5.74, 6) is 0.676. The molecule has 21 heavy (non-hydrogen) atoms. The Kier molecular flexibility index (Phi) is 3.96. The number of rotatable bonds is 5. The van der Waals surface area contributed by atoms with Crippen LogP contribution in [0.15, 0.2) is 16.8 Å². The Bertz CT molecular complexity index is 636. The van der Waals surface area contributed by atoms with Crippen LogP contribution in [0.1, 0.15) is 19.3 Å². The summed E-state index contributed by atoms with van der Waals surface area (Å²) in [6.07, 6.45) is 3.52. The molecule has 1 saturated heterocycles. The molecule has 0 aliphatic carbocycles. The van der Waals surface area contributed by atoms with E-state index in [4.69, 9.17) is 0 Å². The van der Waals surface area contributed by atoms with Gasteiger partial charge in [-0.15, -0.1) is 0 Å². The van der Waals surface area contributed by atoms with Gasteiger partial charge in [-0.2, -0.15) is 0 Å². The van der Waals surface area contributed by atoms with Gasteiger partial charge in [-0.1, -0.05) is 0 Å². The first-order chi connectivity index (χ1) is 10.3. The summed E-state index contributed by atoms with van der Waals surface area (Å²) < 4.78 is 4.64. The van der Waals surface area contributed by atoms with Crippen LogP contribution < -0.4 is 10.6 Å². The third-order valence-corrected chi connectivity index (χ3v) is 3.86. The summed E-state index contributed by atoms with van der Waals surface area (Å²) in [6.45, 7) is 2.96. The van der Waals surface area contributed by atoms with E-state index in [-0.39, 0.29) is 11.2 Å². The maximum atomic E-state index is 10.9. The summed E-state index contributed by atoms with van der Waals surface area (Å²) in [7, 11) is 0. The molecule has 2 heterocycles. The minimum absolute atomic E-state index is 0.0896. The molecule has 0 spiro atoms. The lowest BCUT2D eigenvalue weighted by Crippen LogP contribution is -2.30. The van der Waals surface area contributed by atoms with Crippen molar-refractivity contribution < 1.29 is 9.55 Å². The summed E-state index contributed by atoms with van der Waals surface area (Å²) in [5.41, 5.74) is 1.23. The summed E-state index contributed by atoms with van der Waals surface area (Å²) in [4.78, 5) is 10.4. The predicted molar refractivity (Wildman–Crippen MR) is 77.2 cm³/mol. The minimum atomic E-state index is -0.482. The van der Waals surface area contributed by atoms with Crippen LogP contribution in [0.25, 0.3) is 11.0 Å². The lowest BCUT2D eigenvalue weighted by atomic mass is 9.96. The van der Waals surface area contributed by atoms with E-state index in [0.29, 0.717) is 11.4 Å². The molecule has 8 nitrogen and oxygen atoms in total. The Balaban J connectivity index is 1.68. The van der Waals surface area contributed by atoms with Gasteiger partial charge in [0, 0.05) is 12.6 Å². The van der Waals surface area contributed by atoms with Crippen LogP contribution in [0.5, 0.6) is 0 Å². The average Bonchev–Trinajstić information content (AvgIpc) is 2.98. The van der Waals surface area contributed by atoms with E-state index in [1.54, 1.807) is 6.07 Å². The molecular weight excluding hydrogens is 274 g/mol. The molecule has 2 aromatic rings. The van der Waals surface area contributed by atoms with E-state index < -0.39 is 4.92 Å². The third kappa shape index (κ3) is 2.94. The highest BCUT2D eigenvalue weighted by atomic mass is 16.6. The van der Waals surface area contributed by atoms with Gasteiger partial charge in [0.2, 0.25) is 5.52 Å². The normalized spacial score (nSPS) is 18.8. The van der Waals surface area contributed by atoms with Crippen molar-refractivity contribution in [3.8, 4) is 0 Å². The molecule has 1 aromatic heterocycles. The zero-order valence-corrected chi connectivity index (χ0v) is 11.5. The maximum absolute atomic E-state index is 10.9. The number of piperidine rings is 1. The molecule has 8 heteroatoms. The van der Waals surface area contributed by atoms with E-state index in [1.807, 2.05) is 0 Å². The lowest BCUT2D eigenvalue weighted by molar-refractivity contribution is -0.383. The smallest absolute Gasteiger partial charge is 0.300 e. The van der Waals surface area contributed by atoms with Crippen LogP contribution in [0.2, 0.25) is 0 Å². The highest BCUT2D eigenvalue weighted by Crippen LogP contribution is 2.28. The SMILES string of the molecule is O=[N+]([O-])c1ccc(NCCC2CCCNC2)c2nonc12. The maximum Gasteiger partial charge on any atom is 0.300 e. The van der Waals surface area contributed by atoms with Crippen molar-refractivity contribution in [2.45, 2.75) is 19.3 Å². The number of nitro groups is 1. The highest BCUT2D eigenvalue weighted by molar-refractivity contribution is 5.93. The number of hydrogen-bond donors (Lipinski definition) is 2. The number of nitrogens with zero attached hydrogens (tertiary/aromatic N) is 3. The number of fused-ring (bicyclic) bond motifs is 1. The van der Waals surface area contributed by atoms with E-state index in [2.05, 4.69) is 25.6 Å². The second-order valence-corrected chi connectivity index (χ2v) is 5.28. The standard InChI is InChI=1S/C13H17N5O3/c19-18(20)11-4-3-10(12-13(11)17-21-16-12)15-7-5-9-2-1-6-14-8-9/h3-4,9,14-15H,1-2,5-8H2. The molecule has 2 N–H and O–H groups in total. The van der Waals surface area contributed by atoms with Crippen LogP contribution >= 0.6 is 0 Å². The molecule has 1 aliphatic rings. The molecule has 1 aliphatic heterocycles. The molecule has 0 radical (unpaired) electrons. The van der Waals surface area contributed by atoms with Gasteiger partial charge in [-0.3, -0.25) is 10.1 Å². The Morgan fingerprint density at radius 3 is 3.05 bits per heavy atom. The molecule has 0 bridgehead atoms. The summed E-state index contributed by atoms with van der Waals surface area (Å²) in [5, 5.41) is 25.0. The number of hydrogen-bond acceptors (Lipinski definition) is 7.